The SMILES string of the molecule is CCC(C)(O)CN1CCC(C(N)=O)CC1. The molecule has 1 rings (SSSR count). The Balaban J connectivity index is 2.35. The van der Waals surface area contributed by atoms with E-state index in [1.54, 1.807) is 0 Å². The van der Waals surface area contributed by atoms with Gasteiger partial charge in [-0.05, 0) is 39.3 Å². The molecular formula is C11H22N2O2. The molecule has 1 heterocycles. The van der Waals surface area contributed by atoms with E-state index < -0.39 is 5.60 Å². The van der Waals surface area contributed by atoms with Crippen molar-refractivity contribution in [1.82, 2.24) is 4.90 Å². The number of primary amides is 1. The lowest BCUT2D eigenvalue weighted by atomic mass is 9.94. The molecule has 1 amide bonds. The summed E-state index contributed by atoms with van der Waals surface area (Å²) in [5, 5.41) is 9.92. The summed E-state index contributed by atoms with van der Waals surface area (Å²) in [6.07, 6.45) is 2.41. The maximum Gasteiger partial charge on any atom is 0.220 e. The number of hydrogen-bond acceptors (Lipinski definition) is 3. The molecular weight excluding hydrogens is 192 g/mol. The van der Waals surface area contributed by atoms with E-state index in [0.29, 0.717) is 6.54 Å². The number of hydrogen-bond donors (Lipinski definition) is 2. The summed E-state index contributed by atoms with van der Waals surface area (Å²) in [5.74, 6) is -0.148. The summed E-state index contributed by atoms with van der Waals surface area (Å²) >= 11 is 0. The second-order valence-electron chi connectivity index (χ2n) is 4.80. The fourth-order valence-electron chi connectivity index (χ4n) is 1.97. The number of piperidine rings is 1. The first-order chi connectivity index (χ1) is 6.94. The normalized spacial score (nSPS) is 23.7. The number of amides is 1. The van der Waals surface area contributed by atoms with Gasteiger partial charge < -0.3 is 15.7 Å². The Morgan fingerprint density at radius 3 is 2.47 bits per heavy atom. The van der Waals surface area contributed by atoms with Gasteiger partial charge in [-0.25, -0.2) is 0 Å². The fraction of sp³-hybridized carbons (Fsp3) is 0.909. The van der Waals surface area contributed by atoms with E-state index in [4.69, 9.17) is 5.73 Å². The molecule has 1 saturated heterocycles. The van der Waals surface area contributed by atoms with Crippen LogP contribution in [0.2, 0.25) is 0 Å². The predicted octanol–water partition coefficient (Wildman–Crippen LogP) is 0.345. The van der Waals surface area contributed by atoms with Crippen LogP contribution in [0.4, 0.5) is 0 Å². The first-order valence-corrected chi connectivity index (χ1v) is 5.68. The van der Waals surface area contributed by atoms with Crippen molar-refractivity contribution in [3.63, 3.8) is 0 Å². The zero-order valence-corrected chi connectivity index (χ0v) is 9.70. The van der Waals surface area contributed by atoms with E-state index in [9.17, 15) is 9.90 Å². The third kappa shape index (κ3) is 3.80. The lowest BCUT2D eigenvalue weighted by Crippen LogP contribution is -2.45. The average Bonchev–Trinajstić information content (AvgIpc) is 2.18. The first-order valence-electron chi connectivity index (χ1n) is 5.68. The molecule has 0 aromatic rings. The fourth-order valence-corrected chi connectivity index (χ4v) is 1.97. The van der Waals surface area contributed by atoms with Crippen LogP contribution in [-0.4, -0.2) is 41.1 Å². The number of nitrogens with two attached hydrogens (primary N) is 1. The first kappa shape index (κ1) is 12.5. The Kier molecular flexibility index (Phi) is 4.11. The van der Waals surface area contributed by atoms with Crippen molar-refractivity contribution in [2.45, 2.75) is 38.7 Å². The second-order valence-corrected chi connectivity index (χ2v) is 4.80. The van der Waals surface area contributed by atoms with Gasteiger partial charge in [-0.3, -0.25) is 4.79 Å². The van der Waals surface area contributed by atoms with Gasteiger partial charge in [-0.15, -0.1) is 0 Å². The molecule has 0 spiro atoms. The summed E-state index contributed by atoms with van der Waals surface area (Å²) in [6, 6.07) is 0. The van der Waals surface area contributed by atoms with Crippen LogP contribution in [0.25, 0.3) is 0 Å². The minimum atomic E-state index is -0.612. The molecule has 3 N–H and O–H groups in total. The van der Waals surface area contributed by atoms with Crippen molar-refractivity contribution in [2.24, 2.45) is 11.7 Å². The summed E-state index contributed by atoms with van der Waals surface area (Å²) in [5.41, 5.74) is 4.65. The molecule has 1 unspecified atom stereocenters. The van der Waals surface area contributed by atoms with Crippen LogP contribution in [0.1, 0.15) is 33.1 Å². The summed E-state index contributed by atoms with van der Waals surface area (Å²) in [6.45, 7) is 6.26. The third-order valence-electron chi connectivity index (χ3n) is 3.32. The van der Waals surface area contributed by atoms with Crippen LogP contribution in [0, 0.1) is 5.92 Å². The Labute approximate surface area is 91.4 Å². The van der Waals surface area contributed by atoms with Crippen LogP contribution < -0.4 is 5.73 Å². The van der Waals surface area contributed by atoms with E-state index in [2.05, 4.69) is 4.90 Å². The maximum atomic E-state index is 11.0. The van der Waals surface area contributed by atoms with Crippen LogP contribution in [0.5, 0.6) is 0 Å². The number of carbonyl (C=O) groups is 1. The summed E-state index contributed by atoms with van der Waals surface area (Å²) < 4.78 is 0. The number of rotatable bonds is 4. The molecule has 1 fully saturated rings. The number of aliphatic hydroxyl groups is 1. The maximum absolute atomic E-state index is 11.0. The van der Waals surface area contributed by atoms with Crippen molar-refractivity contribution in [1.29, 1.82) is 0 Å². The van der Waals surface area contributed by atoms with Crippen molar-refractivity contribution in [3.05, 3.63) is 0 Å². The molecule has 4 nitrogen and oxygen atoms in total. The molecule has 0 aromatic carbocycles. The van der Waals surface area contributed by atoms with Crippen LogP contribution in [-0.2, 0) is 4.79 Å². The standard InChI is InChI=1S/C11H22N2O2/c1-3-11(2,15)8-13-6-4-9(5-7-13)10(12)14/h9,15H,3-8H2,1-2H3,(H2,12,14). The molecule has 88 valence electrons. The third-order valence-corrected chi connectivity index (χ3v) is 3.32. The van der Waals surface area contributed by atoms with Gasteiger partial charge >= 0.3 is 0 Å². The van der Waals surface area contributed by atoms with Gasteiger partial charge in [-0.1, -0.05) is 6.92 Å². The van der Waals surface area contributed by atoms with E-state index in [0.717, 1.165) is 32.4 Å². The second kappa shape index (κ2) is 4.94. The predicted molar refractivity (Wildman–Crippen MR) is 59.3 cm³/mol. The van der Waals surface area contributed by atoms with Crippen LogP contribution >= 0.6 is 0 Å². The molecule has 0 aliphatic carbocycles. The summed E-state index contributed by atoms with van der Waals surface area (Å²) in [7, 11) is 0. The topological polar surface area (TPSA) is 66.6 Å². The van der Waals surface area contributed by atoms with E-state index in [-0.39, 0.29) is 11.8 Å². The van der Waals surface area contributed by atoms with Crippen molar-refractivity contribution in [3.8, 4) is 0 Å². The largest absolute Gasteiger partial charge is 0.389 e. The Hall–Kier alpha value is -0.610. The van der Waals surface area contributed by atoms with Crippen molar-refractivity contribution >= 4 is 5.91 Å². The molecule has 1 aliphatic heterocycles. The highest BCUT2D eigenvalue weighted by Gasteiger charge is 2.27. The zero-order chi connectivity index (χ0) is 11.5. The smallest absolute Gasteiger partial charge is 0.220 e. The molecule has 0 bridgehead atoms. The molecule has 0 saturated carbocycles. The lowest BCUT2D eigenvalue weighted by Gasteiger charge is -2.35. The molecule has 0 aromatic heterocycles. The van der Waals surface area contributed by atoms with Gasteiger partial charge in [0.05, 0.1) is 5.60 Å². The average molecular weight is 214 g/mol. The van der Waals surface area contributed by atoms with Crippen LogP contribution in [0.15, 0.2) is 0 Å². The van der Waals surface area contributed by atoms with Gasteiger partial charge in [0, 0.05) is 12.5 Å². The zero-order valence-electron chi connectivity index (χ0n) is 9.70. The van der Waals surface area contributed by atoms with Gasteiger partial charge in [0.15, 0.2) is 0 Å². The lowest BCUT2D eigenvalue weighted by molar-refractivity contribution is -0.123. The van der Waals surface area contributed by atoms with Crippen molar-refractivity contribution < 1.29 is 9.90 Å². The molecule has 1 atom stereocenters. The number of nitrogens with zero attached hydrogens (tertiary/aromatic N) is 1. The molecule has 0 radical (unpaired) electrons. The number of β-amino-alcohol motifs (C(OH)–C–C–N with tert-alkyl or cyclic N) is 1. The van der Waals surface area contributed by atoms with E-state index in [1.165, 1.54) is 0 Å². The Bertz CT molecular complexity index is 221. The van der Waals surface area contributed by atoms with Crippen LogP contribution in [0.3, 0.4) is 0 Å². The number of carbonyl (C=O) groups excluding carboxylic acids is 1. The van der Waals surface area contributed by atoms with E-state index in [1.807, 2.05) is 13.8 Å². The monoisotopic (exact) mass is 214 g/mol. The quantitative estimate of drug-likeness (QED) is 0.709. The van der Waals surface area contributed by atoms with Crippen molar-refractivity contribution in [2.75, 3.05) is 19.6 Å². The van der Waals surface area contributed by atoms with E-state index >= 15 is 0 Å². The Morgan fingerprint density at radius 2 is 2.07 bits per heavy atom. The minimum Gasteiger partial charge on any atom is -0.389 e. The van der Waals surface area contributed by atoms with Gasteiger partial charge in [0.2, 0.25) is 5.91 Å². The molecule has 15 heavy (non-hydrogen) atoms. The number of likely N-dealkylation sites (tertiary alicyclic amines) is 1. The highest BCUT2D eigenvalue weighted by Crippen LogP contribution is 2.19. The Morgan fingerprint density at radius 1 is 1.53 bits per heavy atom. The highest BCUT2D eigenvalue weighted by atomic mass is 16.3. The van der Waals surface area contributed by atoms with Gasteiger partial charge in [0.25, 0.3) is 0 Å². The summed E-state index contributed by atoms with van der Waals surface area (Å²) in [4.78, 5) is 13.2. The minimum absolute atomic E-state index is 0.0350. The molecule has 1 aliphatic rings. The van der Waals surface area contributed by atoms with Gasteiger partial charge in [0.1, 0.15) is 0 Å². The van der Waals surface area contributed by atoms with Gasteiger partial charge in [-0.2, -0.15) is 0 Å². The molecule has 4 heteroatoms. The highest BCUT2D eigenvalue weighted by molar-refractivity contribution is 5.76.